The zero-order valence-electron chi connectivity index (χ0n) is 14.8. The van der Waals surface area contributed by atoms with Gasteiger partial charge in [-0.3, -0.25) is 0 Å². The molecule has 2 aromatic carbocycles. The van der Waals surface area contributed by atoms with Crippen LogP contribution in [0.3, 0.4) is 0 Å². The Bertz CT molecular complexity index is 600. The topological polar surface area (TPSA) is 18.5 Å². The highest BCUT2D eigenvalue weighted by atomic mass is 127. The van der Waals surface area contributed by atoms with Gasteiger partial charge in [0.2, 0.25) is 5.79 Å². The van der Waals surface area contributed by atoms with Gasteiger partial charge in [-0.15, -0.1) is 0 Å². The van der Waals surface area contributed by atoms with Crippen LogP contribution in [0.25, 0.3) is 0 Å². The lowest BCUT2D eigenvalue weighted by Gasteiger charge is -2.36. The molecule has 0 radical (unpaired) electrons. The van der Waals surface area contributed by atoms with E-state index in [1.807, 2.05) is 36.4 Å². The van der Waals surface area contributed by atoms with Crippen LogP contribution in [0.15, 0.2) is 60.7 Å². The molecule has 1 aliphatic rings. The molecule has 4 heteroatoms. The Morgan fingerprint density at radius 2 is 1.38 bits per heavy atom. The molecule has 0 unspecified atom stereocenters. The molecule has 0 saturated carbocycles. The van der Waals surface area contributed by atoms with Crippen molar-refractivity contribution in [3.8, 4) is 0 Å². The molecule has 0 bridgehead atoms. The van der Waals surface area contributed by atoms with Crippen LogP contribution < -0.4 is 24.0 Å². The average molecular weight is 439 g/mol. The summed E-state index contributed by atoms with van der Waals surface area (Å²) in [6.45, 7) is 2.82. The maximum atomic E-state index is 6.57. The van der Waals surface area contributed by atoms with E-state index in [9.17, 15) is 0 Å². The number of nitrogens with zero attached hydrogens (tertiary/aromatic N) is 1. The van der Waals surface area contributed by atoms with Gasteiger partial charge in [0.15, 0.2) is 0 Å². The zero-order chi connectivity index (χ0) is 16.5. The van der Waals surface area contributed by atoms with E-state index in [2.05, 4.69) is 52.3 Å². The molecule has 0 N–H and O–H groups in total. The van der Waals surface area contributed by atoms with Crippen molar-refractivity contribution in [1.29, 1.82) is 0 Å². The second-order valence-corrected chi connectivity index (χ2v) is 7.17. The Balaban J connectivity index is 0.00000208. The van der Waals surface area contributed by atoms with E-state index in [-0.39, 0.29) is 30.1 Å². The molecule has 1 aliphatic heterocycles. The molecule has 0 aromatic heterocycles. The minimum absolute atomic E-state index is 0. The van der Waals surface area contributed by atoms with Crippen molar-refractivity contribution in [2.45, 2.75) is 24.9 Å². The van der Waals surface area contributed by atoms with E-state index in [4.69, 9.17) is 9.47 Å². The van der Waals surface area contributed by atoms with Crippen molar-refractivity contribution in [1.82, 2.24) is 0 Å². The van der Waals surface area contributed by atoms with Gasteiger partial charge >= 0.3 is 0 Å². The summed E-state index contributed by atoms with van der Waals surface area (Å²) in [5.41, 5.74) is 2.09. The van der Waals surface area contributed by atoms with Gasteiger partial charge in [-0.05, 0) is 6.92 Å². The summed E-state index contributed by atoms with van der Waals surface area (Å²) in [5, 5.41) is 0. The summed E-state index contributed by atoms with van der Waals surface area (Å²) in [7, 11) is 6.58. The van der Waals surface area contributed by atoms with Gasteiger partial charge in [0.05, 0.1) is 27.7 Å². The van der Waals surface area contributed by atoms with E-state index in [1.165, 1.54) is 0 Å². The highest BCUT2D eigenvalue weighted by Crippen LogP contribution is 2.41. The second kappa shape index (κ2) is 7.52. The molecule has 0 spiro atoms. The van der Waals surface area contributed by atoms with Crippen molar-refractivity contribution >= 4 is 0 Å². The summed E-state index contributed by atoms with van der Waals surface area (Å²) in [4.78, 5) is 0. The Kier molecular flexibility index (Phi) is 6.07. The van der Waals surface area contributed by atoms with E-state index in [0.717, 1.165) is 15.6 Å². The number of rotatable bonds is 4. The van der Waals surface area contributed by atoms with Crippen LogP contribution in [0, 0.1) is 0 Å². The van der Waals surface area contributed by atoms with Gasteiger partial charge in [-0.1, -0.05) is 60.7 Å². The fraction of sp³-hybridized carbons (Fsp3) is 0.400. The molecule has 3 nitrogen and oxygen atoms in total. The van der Waals surface area contributed by atoms with E-state index in [1.54, 1.807) is 0 Å². The lowest BCUT2D eigenvalue weighted by Crippen LogP contribution is -3.00. The van der Waals surface area contributed by atoms with Crippen LogP contribution in [0.4, 0.5) is 0 Å². The van der Waals surface area contributed by atoms with Gasteiger partial charge in [0, 0.05) is 11.1 Å². The van der Waals surface area contributed by atoms with E-state index in [0.29, 0.717) is 12.6 Å². The zero-order valence-corrected chi connectivity index (χ0v) is 16.9. The molecular weight excluding hydrogens is 413 g/mol. The summed E-state index contributed by atoms with van der Waals surface area (Å²) in [5.74, 6) is -0.809. The highest BCUT2D eigenvalue weighted by molar-refractivity contribution is 5.34. The first kappa shape index (κ1) is 19.4. The maximum Gasteiger partial charge on any atom is 0.223 e. The van der Waals surface area contributed by atoms with E-state index < -0.39 is 5.79 Å². The van der Waals surface area contributed by atoms with Crippen LogP contribution in [-0.2, 0) is 15.3 Å². The molecular formula is C20H26INO2. The molecule has 0 aliphatic carbocycles. The number of hydrogen-bond acceptors (Lipinski definition) is 2. The van der Waals surface area contributed by atoms with Gasteiger partial charge < -0.3 is 37.9 Å². The third-order valence-electron chi connectivity index (χ3n) is 4.84. The van der Waals surface area contributed by atoms with Gasteiger partial charge in [0.1, 0.15) is 12.1 Å². The summed E-state index contributed by atoms with van der Waals surface area (Å²) in [6.07, 6.45) is 0.0513. The summed E-state index contributed by atoms with van der Waals surface area (Å²) >= 11 is 0. The van der Waals surface area contributed by atoms with Crippen molar-refractivity contribution in [3.63, 3.8) is 0 Å². The van der Waals surface area contributed by atoms with Gasteiger partial charge in [0.25, 0.3) is 0 Å². The Morgan fingerprint density at radius 3 is 1.79 bits per heavy atom. The molecule has 3 rings (SSSR count). The monoisotopic (exact) mass is 439 g/mol. The first-order valence-electron chi connectivity index (χ1n) is 8.17. The van der Waals surface area contributed by atoms with Crippen molar-refractivity contribution in [2.75, 3.05) is 27.7 Å². The Morgan fingerprint density at radius 1 is 0.917 bits per heavy atom. The molecule has 130 valence electrons. The van der Waals surface area contributed by atoms with E-state index >= 15 is 0 Å². The fourth-order valence-corrected chi connectivity index (χ4v) is 3.00. The molecule has 2 atom stereocenters. The minimum Gasteiger partial charge on any atom is -1.00 e. The van der Waals surface area contributed by atoms with Gasteiger partial charge in [-0.2, -0.15) is 0 Å². The fourth-order valence-electron chi connectivity index (χ4n) is 3.00. The second-order valence-electron chi connectivity index (χ2n) is 7.17. The predicted molar refractivity (Wildman–Crippen MR) is 92.0 cm³/mol. The van der Waals surface area contributed by atoms with Crippen molar-refractivity contribution in [2.24, 2.45) is 0 Å². The Hall–Kier alpha value is -0.950. The quantitative estimate of drug-likeness (QED) is 0.508. The summed E-state index contributed by atoms with van der Waals surface area (Å²) < 4.78 is 13.7. The average Bonchev–Trinajstić information content (AvgIpc) is 3.01. The van der Waals surface area contributed by atoms with Crippen LogP contribution in [0.1, 0.15) is 18.1 Å². The van der Waals surface area contributed by atoms with Crippen LogP contribution >= 0.6 is 0 Å². The third kappa shape index (κ3) is 3.67. The lowest BCUT2D eigenvalue weighted by atomic mass is 9.97. The molecule has 1 heterocycles. The van der Waals surface area contributed by atoms with Crippen molar-refractivity contribution in [3.05, 3.63) is 71.8 Å². The maximum absolute atomic E-state index is 6.57. The standard InChI is InChI=1S/C20H26NO2.HI/c1-16(21(2,3)4)19-15-22-20(23-19,17-11-7-5-8-12-17)18-13-9-6-10-14-18;/h5-14,16,19H,15H2,1-4H3;1H/q+1;/p-1/t16-,19+;/m0./s1. The van der Waals surface area contributed by atoms with Gasteiger partial charge in [-0.25, -0.2) is 0 Å². The number of ether oxygens (including phenoxy) is 2. The first-order valence-corrected chi connectivity index (χ1v) is 8.17. The smallest absolute Gasteiger partial charge is 0.223 e. The van der Waals surface area contributed by atoms with Crippen LogP contribution in [0.5, 0.6) is 0 Å². The lowest BCUT2D eigenvalue weighted by molar-refractivity contribution is -0.897. The number of quaternary nitrogens is 1. The number of benzene rings is 2. The highest BCUT2D eigenvalue weighted by Gasteiger charge is 2.48. The molecule has 1 saturated heterocycles. The molecule has 1 fully saturated rings. The van der Waals surface area contributed by atoms with Crippen LogP contribution in [0.2, 0.25) is 0 Å². The number of likely N-dealkylation sites (N-methyl/N-ethyl adjacent to an activating group) is 1. The number of halogens is 1. The normalized spacial score (nSPS) is 21.1. The predicted octanol–water partition coefficient (Wildman–Crippen LogP) is 0.402. The molecule has 2 aromatic rings. The largest absolute Gasteiger partial charge is 1.00 e. The molecule has 24 heavy (non-hydrogen) atoms. The minimum atomic E-state index is -0.809. The van der Waals surface area contributed by atoms with Crippen molar-refractivity contribution < 1.29 is 37.9 Å². The molecule has 0 amide bonds. The number of hydrogen-bond donors (Lipinski definition) is 0. The van der Waals surface area contributed by atoms with Crippen LogP contribution in [-0.4, -0.2) is 44.4 Å². The summed E-state index contributed by atoms with van der Waals surface area (Å²) in [6, 6.07) is 20.8. The SMILES string of the molecule is C[C@@H]([C@H]1COC(c2ccccc2)(c2ccccc2)O1)[N+](C)(C)C.[I-]. The third-order valence-corrected chi connectivity index (χ3v) is 4.84. The first-order chi connectivity index (χ1) is 10.9. The Labute approximate surface area is 162 Å².